The third-order valence-electron chi connectivity index (χ3n) is 4.78. The number of unbranched alkanes of at least 4 members (excludes halogenated alkanes) is 2. The van der Waals surface area contributed by atoms with Crippen molar-refractivity contribution < 1.29 is 0 Å². The normalized spacial score (nSPS) is 30.9. The summed E-state index contributed by atoms with van der Waals surface area (Å²) in [6.45, 7) is 7.95. The van der Waals surface area contributed by atoms with E-state index in [4.69, 9.17) is 5.73 Å². The van der Waals surface area contributed by atoms with Gasteiger partial charge in [-0.05, 0) is 55.9 Å². The summed E-state index contributed by atoms with van der Waals surface area (Å²) in [5, 5.41) is 0. The molecule has 0 atom stereocenters. The van der Waals surface area contributed by atoms with Crippen LogP contribution in [0.1, 0.15) is 72.1 Å². The SMILES string of the molecule is CCCCCC1(CN)CCC(C(C)C)CC1. The molecule has 0 amide bonds. The minimum absolute atomic E-state index is 0.514. The minimum atomic E-state index is 0.514. The lowest BCUT2D eigenvalue weighted by Crippen LogP contribution is -2.35. The van der Waals surface area contributed by atoms with Crippen LogP contribution < -0.4 is 5.73 Å². The van der Waals surface area contributed by atoms with Gasteiger partial charge >= 0.3 is 0 Å². The molecule has 1 nitrogen and oxygen atoms in total. The molecule has 0 bridgehead atoms. The van der Waals surface area contributed by atoms with E-state index in [0.29, 0.717) is 5.41 Å². The second-order valence-corrected chi connectivity index (χ2v) is 6.24. The van der Waals surface area contributed by atoms with Crippen LogP contribution in [0.3, 0.4) is 0 Å². The number of hydrogen-bond donors (Lipinski definition) is 1. The van der Waals surface area contributed by atoms with Crippen molar-refractivity contribution in [2.75, 3.05) is 6.54 Å². The second-order valence-electron chi connectivity index (χ2n) is 6.24. The van der Waals surface area contributed by atoms with Crippen LogP contribution in [0.15, 0.2) is 0 Å². The lowest BCUT2D eigenvalue weighted by Gasteiger charge is -2.41. The van der Waals surface area contributed by atoms with Gasteiger partial charge in [0.25, 0.3) is 0 Å². The molecule has 1 aliphatic carbocycles. The van der Waals surface area contributed by atoms with E-state index >= 15 is 0 Å². The zero-order valence-corrected chi connectivity index (χ0v) is 11.6. The average molecular weight is 225 g/mol. The zero-order valence-electron chi connectivity index (χ0n) is 11.6. The Morgan fingerprint density at radius 2 is 1.81 bits per heavy atom. The lowest BCUT2D eigenvalue weighted by atomic mass is 9.66. The van der Waals surface area contributed by atoms with E-state index in [9.17, 15) is 0 Å². The van der Waals surface area contributed by atoms with Gasteiger partial charge in [-0.25, -0.2) is 0 Å². The summed E-state index contributed by atoms with van der Waals surface area (Å²) < 4.78 is 0. The molecule has 2 N–H and O–H groups in total. The largest absolute Gasteiger partial charge is 0.330 e. The summed E-state index contributed by atoms with van der Waals surface area (Å²) in [4.78, 5) is 0. The van der Waals surface area contributed by atoms with E-state index in [1.165, 1.54) is 51.4 Å². The molecule has 0 spiro atoms. The summed E-state index contributed by atoms with van der Waals surface area (Å²) in [5.74, 6) is 1.83. The van der Waals surface area contributed by atoms with Crippen molar-refractivity contribution >= 4 is 0 Å². The molecule has 1 saturated carbocycles. The third kappa shape index (κ3) is 3.76. The van der Waals surface area contributed by atoms with Crippen LogP contribution >= 0.6 is 0 Å². The third-order valence-corrected chi connectivity index (χ3v) is 4.78. The fourth-order valence-corrected chi connectivity index (χ4v) is 3.23. The minimum Gasteiger partial charge on any atom is -0.330 e. The van der Waals surface area contributed by atoms with Gasteiger partial charge in [-0.1, -0.05) is 40.0 Å². The van der Waals surface area contributed by atoms with Crippen LogP contribution in [0.4, 0.5) is 0 Å². The summed E-state index contributed by atoms with van der Waals surface area (Å²) in [5.41, 5.74) is 6.56. The Morgan fingerprint density at radius 3 is 2.25 bits per heavy atom. The molecule has 0 saturated heterocycles. The summed E-state index contributed by atoms with van der Waals surface area (Å²) >= 11 is 0. The molecule has 1 fully saturated rings. The highest BCUT2D eigenvalue weighted by atomic mass is 14.6. The van der Waals surface area contributed by atoms with Crippen molar-refractivity contribution in [2.24, 2.45) is 23.0 Å². The number of nitrogens with two attached hydrogens (primary N) is 1. The first-order valence-electron chi connectivity index (χ1n) is 7.33. The van der Waals surface area contributed by atoms with E-state index in [1.54, 1.807) is 0 Å². The highest BCUT2D eigenvalue weighted by Crippen LogP contribution is 2.43. The van der Waals surface area contributed by atoms with E-state index in [2.05, 4.69) is 20.8 Å². The lowest BCUT2D eigenvalue weighted by molar-refractivity contribution is 0.120. The molecule has 0 aliphatic heterocycles. The predicted molar refractivity (Wildman–Crippen MR) is 72.4 cm³/mol. The van der Waals surface area contributed by atoms with E-state index in [1.807, 2.05) is 0 Å². The second kappa shape index (κ2) is 6.64. The fraction of sp³-hybridized carbons (Fsp3) is 1.00. The summed E-state index contributed by atoms with van der Waals surface area (Å²) in [6, 6.07) is 0. The van der Waals surface area contributed by atoms with E-state index < -0.39 is 0 Å². The van der Waals surface area contributed by atoms with Crippen LogP contribution in [0.25, 0.3) is 0 Å². The molecule has 16 heavy (non-hydrogen) atoms. The number of rotatable bonds is 6. The molecule has 1 rings (SSSR count). The molecule has 0 aromatic rings. The van der Waals surface area contributed by atoms with Crippen molar-refractivity contribution in [3.05, 3.63) is 0 Å². The first kappa shape index (κ1) is 14.0. The van der Waals surface area contributed by atoms with Gasteiger partial charge in [0.2, 0.25) is 0 Å². The Kier molecular flexibility index (Phi) is 5.82. The Balaban J connectivity index is 2.38. The molecule has 0 unspecified atom stereocenters. The van der Waals surface area contributed by atoms with Crippen LogP contribution in [0.5, 0.6) is 0 Å². The van der Waals surface area contributed by atoms with E-state index in [-0.39, 0.29) is 0 Å². The molecule has 0 heterocycles. The molecule has 96 valence electrons. The topological polar surface area (TPSA) is 26.0 Å². The Labute approximate surface area is 102 Å². The molecule has 0 radical (unpaired) electrons. The predicted octanol–water partition coefficient (Wildman–Crippen LogP) is 4.36. The summed E-state index contributed by atoms with van der Waals surface area (Å²) in [7, 11) is 0. The molecular formula is C15H31N. The fourth-order valence-electron chi connectivity index (χ4n) is 3.23. The molecule has 0 aromatic carbocycles. The Hall–Kier alpha value is -0.0400. The van der Waals surface area contributed by atoms with Crippen molar-refractivity contribution in [3.63, 3.8) is 0 Å². The Morgan fingerprint density at radius 1 is 1.19 bits per heavy atom. The van der Waals surface area contributed by atoms with Gasteiger partial charge in [-0.2, -0.15) is 0 Å². The van der Waals surface area contributed by atoms with Crippen LogP contribution in [-0.2, 0) is 0 Å². The quantitative estimate of drug-likeness (QED) is 0.668. The standard InChI is InChI=1S/C15H31N/c1-4-5-6-9-15(12-16)10-7-14(8-11-15)13(2)3/h13-14H,4-12,16H2,1-3H3. The maximum absolute atomic E-state index is 6.04. The monoisotopic (exact) mass is 225 g/mol. The first-order valence-corrected chi connectivity index (χ1v) is 7.33. The maximum Gasteiger partial charge on any atom is -0.00205 e. The highest BCUT2D eigenvalue weighted by molar-refractivity contribution is 4.87. The van der Waals surface area contributed by atoms with Gasteiger partial charge in [0, 0.05) is 0 Å². The van der Waals surface area contributed by atoms with E-state index in [0.717, 1.165) is 18.4 Å². The zero-order chi connectivity index (χ0) is 12.0. The van der Waals surface area contributed by atoms with Gasteiger partial charge < -0.3 is 5.73 Å². The van der Waals surface area contributed by atoms with Gasteiger partial charge in [0.1, 0.15) is 0 Å². The van der Waals surface area contributed by atoms with Crippen LogP contribution in [0, 0.1) is 17.3 Å². The van der Waals surface area contributed by atoms with Crippen LogP contribution in [0.2, 0.25) is 0 Å². The van der Waals surface area contributed by atoms with Crippen molar-refractivity contribution in [1.29, 1.82) is 0 Å². The van der Waals surface area contributed by atoms with Gasteiger partial charge in [-0.15, -0.1) is 0 Å². The smallest absolute Gasteiger partial charge is 0.00205 e. The molecule has 1 heteroatoms. The number of hydrogen-bond acceptors (Lipinski definition) is 1. The molecular weight excluding hydrogens is 194 g/mol. The molecule has 0 aromatic heterocycles. The summed E-state index contributed by atoms with van der Waals surface area (Å²) in [6.07, 6.45) is 11.1. The van der Waals surface area contributed by atoms with Crippen molar-refractivity contribution in [3.8, 4) is 0 Å². The average Bonchev–Trinajstić information content (AvgIpc) is 2.30. The van der Waals surface area contributed by atoms with Crippen molar-refractivity contribution in [1.82, 2.24) is 0 Å². The van der Waals surface area contributed by atoms with Gasteiger partial charge in [0.15, 0.2) is 0 Å². The van der Waals surface area contributed by atoms with Crippen molar-refractivity contribution in [2.45, 2.75) is 72.1 Å². The maximum atomic E-state index is 6.04. The van der Waals surface area contributed by atoms with Gasteiger partial charge in [-0.3, -0.25) is 0 Å². The first-order chi connectivity index (χ1) is 7.63. The highest BCUT2D eigenvalue weighted by Gasteiger charge is 2.34. The molecule has 1 aliphatic rings. The van der Waals surface area contributed by atoms with Crippen LogP contribution in [-0.4, -0.2) is 6.54 Å². The van der Waals surface area contributed by atoms with Gasteiger partial charge in [0.05, 0.1) is 0 Å². The Bertz CT molecular complexity index is 178.